The van der Waals surface area contributed by atoms with Crippen LogP contribution in [0.15, 0.2) is 18.2 Å². The Morgan fingerprint density at radius 2 is 1.95 bits per heavy atom. The van der Waals surface area contributed by atoms with Crippen LogP contribution in [0.2, 0.25) is 0 Å². The van der Waals surface area contributed by atoms with Gasteiger partial charge in [0.25, 0.3) is 0 Å². The molecule has 0 fully saturated rings. The molecule has 98 valence electrons. The third-order valence-electron chi connectivity index (χ3n) is 3.57. The zero-order valence-electron chi connectivity index (χ0n) is 10.6. The molecular weight excluding hydrogens is 244 g/mol. The zero-order chi connectivity index (χ0) is 13.6. The quantitative estimate of drug-likeness (QED) is 0.748. The number of carbonyl (C=O) groups excluding carboxylic acids is 2. The van der Waals surface area contributed by atoms with Gasteiger partial charge < -0.3 is 15.3 Å². The van der Waals surface area contributed by atoms with Crippen LogP contribution >= 0.6 is 0 Å². The number of phenolic OH excluding ortho intramolecular Hbond substituents is 1. The normalized spacial score (nSPS) is 17.0. The number of rotatable bonds is 1. The van der Waals surface area contributed by atoms with Gasteiger partial charge in [-0.1, -0.05) is 0 Å². The number of hydrogen-bond donors (Lipinski definition) is 2. The van der Waals surface area contributed by atoms with Gasteiger partial charge in [0.15, 0.2) is 11.6 Å². The van der Waals surface area contributed by atoms with Gasteiger partial charge in [-0.3, -0.25) is 9.59 Å². The van der Waals surface area contributed by atoms with Crippen molar-refractivity contribution < 1.29 is 14.7 Å². The number of fused-ring (bicyclic) bond motifs is 3. The second kappa shape index (κ2) is 4.12. The maximum absolute atomic E-state index is 12.0. The first kappa shape index (κ1) is 11.8. The highest BCUT2D eigenvalue weighted by Crippen LogP contribution is 2.41. The summed E-state index contributed by atoms with van der Waals surface area (Å²) in [4.78, 5) is 26.0. The first-order valence-corrected chi connectivity index (χ1v) is 6.29. The number of carbonyl (C=O) groups is 2. The monoisotopic (exact) mass is 258 g/mol. The fraction of sp³-hybridized carbons (Fsp3) is 0.286. The van der Waals surface area contributed by atoms with Crippen molar-refractivity contribution in [2.45, 2.75) is 6.92 Å². The van der Waals surface area contributed by atoms with E-state index in [0.717, 1.165) is 18.8 Å². The fourth-order valence-electron chi connectivity index (χ4n) is 2.66. The third-order valence-corrected chi connectivity index (χ3v) is 3.57. The summed E-state index contributed by atoms with van der Waals surface area (Å²) in [7, 11) is 0. The maximum Gasteiger partial charge on any atom is 0.190 e. The van der Waals surface area contributed by atoms with E-state index in [1.54, 1.807) is 6.07 Å². The standard InChI is InChI=1S/C14H14N2O3/c1-2-16-6-5-15-14-8(16)7-11(19)12-9(17)3-4-10(18)13(12)14/h3-4,7,15,19H,2,5-6H2,1H3. The third kappa shape index (κ3) is 1.62. The first-order valence-electron chi connectivity index (χ1n) is 6.29. The Labute approximate surface area is 110 Å². The van der Waals surface area contributed by atoms with Crippen molar-refractivity contribution in [2.75, 3.05) is 29.9 Å². The van der Waals surface area contributed by atoms with Gasteiger partial charge in [0.05, 0.1) is 22.5 Å². The van der Waals surface area contributed by atoms with E-state index in [1.807, 2.05) is 6.92 Å². The average molecular weight is 258 g/mol. The van der Waals surface area contributed by atoms with Gasteiger partial charge in [0, 0.05) is 25.7 Å². The lowest BCUT2D eigenvalue weighted by atomic mass is 9.90. The SMILES string of the molecule is CCN1CCNc2c1cc(O)c1c2C(=O)C=CC1=O. The van der Waals surface area contributed by atoms with Crippen LogP contribution in [-0.4, -0.2) is 36.3 Å². The first-order chi connectivity index (χ1) is 9.13. The molecule has 0 atom stereocenters. The molecule has 1 aromatic rings. The molecule has 0 spiro atoms. The van der Waals surface area contributed by atoms with Crippen molar-refractivity contribution in [3.63, 3.8) is 0 Å². The molecule has 0 radical (unpaired) electrons. The van der Waals surface area contributed by atoms with E-state index in [9.17, 15) is 14.7 Å². The van der Waals surface area contributed by atoms with E-state index in [0.29, 0.717) is 17.8 Å². The van der Waals surface area contributed by atoms with Crippen LogP contribution in [0.5, 0.6) is 5.75 Å². The van der Waals surface area contributed by atoms with Crippen molar-refractivity contribution >= 4 is 22.9 Å². The molecule has 1 aliphatic heterocycles. The number of likely N-dealkylation sites (N-methyl/N-ethyl adjacent to an activating group) is 1. The van der Waals surface area contributed by atoms with Crippen LogP contribution in [-0.2, 0) is 0 Å². The number of nitrogens with one attached hydrogen (secondary N) is 1. The number of nitrogens with zero attached hydrogens (tertiary/aromatic N) is 1. The minimum Gasteiger partial charge on any atom is -0.507 e. The predicted molar refractivity (Wildman–Crippen MR) is 72.3 cm³/mol. The molecule has 1 aliphatic carbocycles. The number of hydrogen-bond acceptors (Lipinski definition) is 5. The Kier molecular flexibility index (Phi) is 2.55. The van der Waals surface area contributed by atoms with Crippen LogP contribution in [0.3, 0.4) is 0 Å². The molecule has 3 rings (SSSR count). The summed E-state index contributed by atoms with van der Waals surface area (Å²) >= 11 is 0. The van der Waals surface area contributed by atoms with E-state index >= 15 is 0 Å². The molecule has 2 aliphatic rings. The molecule has 1 aromatic carbocycles. The minimum atomic E-state index is -0.328. The number of benzene rings is 1. The van der Waals surface area contributed by atoms with Crippen LogP contribution in [0.1, 0.15) is 27.6 Å². The lowest BCUT2D eigenvalue weighted by Crippen LogP contribution is -2.35. The molecule has 0 saturated heterocycles. The van der Waals surface area contributed by atoms with Crippen LogP contribution in [0.4, 0.5) is 11.4 Å². The highest BCUT2D eigenvalue weighted by molar-refractivity contribution is 6.26. The van der Waals surface area contributed by atoms with Gasteiger partial charge in [0.1, 0.15) is 5.75 Å². The lowest BCUT2D eigenvalue weighted by Gasteiger charge is -2.33. The summed E-state index contributed by atoms with van der Waals surface area (Å²) < 4.78 is 0. The molecule has 0 amide bonds. The van der Waals surface area contributed by atoms with Crippen LogP contribution < -0.4 is 10.2 Å². The Hall–Kier alpha value is -2.30. The minimum absolute atomic E-state index is 0.108. The summed E-state index contributed by atoms with van der Waals surface area (Å²) in [5, 5.41) is 13.2. The zero-order valence-corrected chi connectivity index (χ0v) is 10.6. The van der Waals surface area contributed by atoms with E-state index in [-0.39, 0.29) is 22.9 Å². The van der Waals surface area contributed by atoms with Gasteiger partial charge in [0.2, 0.25) is 0 Å². The molecule has 0 aromatic heterocycles. The van der Waals surface area contributed by atoms with Gasteiger partial charge in [-0.2, -0.15) is 0 Å². The number of aromatic hydroxyl groups is 1. The Morgan fingerprint density at radius 3 is 2.63 bits per heavy atom. The van der Waals surface area contributed by atoms with E-state index in [1.165, 1.54) is 12.2 Å². The molecule has 0 saturated carbocycles. The van der Waals surface area contributed by atoms with E-state index in [2.05, 4.69) is 10.2 Å². The molecule has 1 heterocycles. The number of allylic oxidation sites excluding steroid dienone is 2. The predicted octanol–water partition coefficient (Wildman–Crippen LogP) is 1.58. The summed E-state index contributed by atoms with van der Waals surface area (Å²) in [6.45, 7) is 4.31. The molecule has 0 bridgehead atoms. The van der Waals surface area contributed by atoms with Crippen molar-refractivity contribution in [3.05, 3.63) is 29.3 Å². The van der Waals surface area contributed by atoms with Gasteiger partial charge in [-0.25, -0.2) is 0 Å². The molecule has 5 heteroatoms. The highest BCUT2D eigenvalue weighted by atomic mass is 16.3. The second-order valence-electron chi connectivity index (χ2n) is 4.61. The summed E-state index contributed by atoms with van der Waals surface area (Å²) in [5.74, 6) is -0.698. The number of ketones is 2. The molecule has 5 nitrogen and oxygen atoms in total. The average Bonchev–Trinajstić information content (AvgIpc) is 2.41. The second-order valence-corrected chi connectivity index (χ2v) is 4.61. The van der Waals surface area contributed by atoms with Crippen molar-refractivity contribution in [1.29, 1.82) is 0 Å². The smallest absolute Gasteiger partial charge is 0.190 e. The topological polar surface area (TPSA) is 69.6 Å². The highest BCUT2D eigenvalue weighted by Gasteiger charge is 2.30. The lowest BCUT2D eigenvalue weighted by molar-refractivity contribution is 0.0992. The number of phenols is 1. The number of anilines is 2. The Morgan fingerprint density at radius 1 is 1.26 bits per heavy atom. The van der Waals surface area contributed by atoms with Gasteiger partial charge in [-0.05, 0) is 19.1 Å². The Bertz CT molecular complexity index is 620. The van der Waals surface area contributed by atoms with Crippen molar-refractivity contribution in [2.24, 2.45) is 0 Å². The summed E-state index contributed by atoms with van der Waals surface area (Å²) in [5.41, 5.74) is 1.84. The molecular formula is C14H14N2O3. The fourth-order valence-corrected chi connectivity index (χ4v) is 2.66. The van der Waals surface area contributed by atoms with Gasteiger partial charge >= 0.3 is 0 Å². The van der Waals surface area contributed by atoms with E-state index < -0.39 is 0 Å². The molecule has 0 unspecified atom stereocenters. The molecule has 19 heavy (non-hydrogen) atoms. The van der Waals surface area contributed by atoms with Crippen LogP contribution in [0, 0.1) is 0 Å². The summed E-state index contributed by atoms with van der Waals surface area (Å²) in [6.07, 6.45) is 2.47. The molecule has 2 N–H and O–H groups in total. The van der Waals surface area contributed by atoms with Gasteiger partial charge in [-0.15, -0.1) is 0 Å². The Balaban J connectivity index is 2.30. The maximum atomic E-state index is 12.0. The van der Waals surface area contributed by atoms with Crippen molar-refractivity contribution in [3.8, 4) is 5.75 Å². The van der Waals surface area contributed by atoms with Crippen molar-refractivity contribution in [1.82, 2.24) is 0 Å². The largest absolute Gasteiger partial charge is 0.507 e. The van der Waals surface area contributed by atoms with E-state index in [4.69, 9.17) is 0 Å². The van der Waals surface area contributed by atoms with Crippen LogP contribution in [0.25, 0.3) is 0 Å². The summed E-state index contributed by atoms with van der Waals surface area (Å²) in [6, 6.07) is 1.56.